The topological polar surface area (TPSA) is 98.5 Å². The van der Waals surface area contributed by atoms with Crippen LogP contribution in [0.5, 0.6) is 0 Å². The number of nitrogens with zero attached hydrogens (tertiary/aromatic N) is 3. The van der Waals surface area contributed by atoms with E-state index >= 15 is 0 Å². The Morgan fingerprint density at radius 1 is 1.50 bits per heavy atom. The number of azide groups is 1. The van der Waals surface area contributed by atoms with Gasteiger partial charge in [-0.1, -0.05) is 5.11 Å². The lowest BCUT2D eigenvalue weighted by Gasteiger charge is -2.13. The summed E-state index contributed by atoms with van der Waals surface area (Å²) in [5.74, 6) is 0. The quantitative estimate of drug-likeness (QED) is 0.344. The molecule has 12 heavy (non-hydrogen) atoms. The van der Waals surface area contributed by atoms with E-state index < -0.39 is 24.4 Å². The van der Waals surface area contributed by atoms with Gasteiger partial charge in [-0.2, -0.15) is 0 Å². The van der Waals surface area contributed by atoms with Gasteiger partial charge in [-0.25, -0.2) is 0 Å². The fraction of sp³-hybridized carbons (Fsp3) is 1.00. The first-order valence-electron chi connectivity index (χ1n) is 3.64. The standard InChI is InChI=1S/C6H11N3O3/c1-12-4-2-3(8-9-7)5(10)6(4)11/h3-6,10-11H,2H2,1H3/t3-,4-,5+,6+/m1/s1. The summed E-state index contributed by atoms with van der Waals surface area (Å²) in [6, 6.07) is -0.574. The van der Waals surface area contributed by atoms with Gasteiger partial charge < -0.3 is 14.9 Å². The van der Waals surface area contributed by atoms with Crippen molar-refractivity contribution in [1.82, 2.24) is 0 Å². The molecule has 0 radical (unpaired) electrons. The zero-order chi connectivity index (χ0) is 9.14. The predicted molar refractivity (Wildman–Crippen MR) is 40.4 cm³/mol. The van der Waals surface area contributed by atoms with Gasteiger partial charge in [0.25, 0.3) is 0 Å². The van der Waals surface area contributed by atoms with Crippen LogP contribution in [0.4, 0.5) is 0 Å². The molecule has 1 aliphatic carbocycles. The van der Waals surface area contributed by atoms with Crippen molar-refractivity contribution in [3.05, 3.63) is 10.4 Å². The summed E-state index contributed by atoms with van der Waals surface area (Å²) >= 11 is 0. The summed E-state index contributed by atoms with van der Waals surface area (Å²) in [7, 11) is 1.44. The molecule has 6 heteroatoms. The average Bonchev–Trinajstić information content (AvgIpc) is 2.33. The lowest BCUT2D eigenvalue weighted by atomic mass is 10.2. The van der Waals surface area contributed by atoms with Crippen LogP contribution in [0.2, 0.25) is 0 Å². The highest BCUT2D eigenvalue weighted by molar-refractivity contribution is 4.96. The van der Waals surface area contributed by atoms with Crippen LogP contribution in [0.3, 0.4) is 0 Å². The van der Waals surface area contributed by atoms with Crippen molar-refractivity contribution in [2.75, 3.05) is 7.11 Å². The second-order valence-electron chi connectivity index (χ2n) is 2.76. The SMILES string of the molecule is CO[C@@H]1C[C@@H](N=[N+]=[N-])[C@H](O)[C@H]1O. The van der Waals surface area contributed by atoms with Gasteiger partial charge in [0.05, 0.1) is 18.2 Å². The van der Waals surface area contributed by atoms with Crippen LogP contribution in [0.15, 0.2) is 5.11 Å². The van der Waals surface area contributed by atoms with E-state index in [4.69, 9.17) is 10.3 Å². The molecule has 1 aliphatic rings. The van der Waals surface area contributed by atoms with Crippen LogP contribution >= 0.6 is 0 Å². The largest absolute Gasteiger partial charge is 0.390 e. The molecule has 68 valence electrons. The van der Waals surface area contributed by atoms with E-state index in [1.54, 1.807) is 0 Å². The fourth-order valence-corrected chi connectivity index (χ4v) is 1.38. The van der Waals surface area contributed by atoms with E-state index in [1.807, 2.05) is 0 Å². The zero-order valence-corrected chi connectivity index (χ0v) is 6.66. The molecule has 0 spiro atoms. The summed E-state index contributed by atoms with van der Waals surface area (Å²) in [4.78, 5) is 2.57. The van der Waals surface area contributed by atoms with Gasteiger partial charge in [0.15, 0.2) is 0 Å². The van der Waals surface area contributed by atoms with Gasteiger partial charge in [-0.05, 0) is 12.0 Å². The molecule has 0 bridgehead atoms. The van der Waals surface area contributed by atoms with Gasteiger partial charge >= 0.3 is 0 Å². The molecule has 0 aliphatic heterocycles. The lowest BCUT2D eigenvalue weighted by Crippen LogP contribution is -2.32. The maximum atomic E-state index is 9.30. The van der Waals surface area contributed by atoms with Crippen LogP contribution < -0.4 is 0 Å². The first kappa shape index (κ1) is 9.28. The average molecular weight is 173 g/mol. The van der Waals surface area contributed by atoms with Crippen molar-refractivity contribution in [2.24, 2.45) is 5.11 Å². The minimum atomic E-state index is -1.01. The van der Waals surface area contributed by atoms with Crippen LogP contribution in [-0.4, -0.2) is 41.7 Å². The van der Waals surface area contributed by atoms with Crippen LogP contribution in [0, 0.1) is 0 Å². The van der Waals surface area contributed by atoms with Crippen molar-refractivity contribution in [3.8, 4) is 0 Å². The Kier molecular flexibility index (Phi) is 2.88. The van der Waals surface area contributed by atoms with Crippen molar-refractivity contribution in [2.45, 2.75) is 30.8 Å². The minimum Gasteiger partial charge on any atom is -0.390 e. The van der Waals surface area contributed by atoms with Gasteiger partial charge in [-0.3, -0.25) is 0 Å². The zero-order valence-electron chi connectivity index (χ0n) is 6.66. The Hall–Kier alpha value is -0.810. The molecule has 1 fully saturated rings. The molecule has 0 aromatic rings. The predicted octanol–water partition coefficient (Wildman–Crippen LogP) is -0.194. The van der Waals surface area contributed by atoms with E-state index in [9.17, 15) is 10.2 Å². The Bertz CT molecular complexity index is 204. The second-order valence-corrected chi connectivity index (χ2v) is 2.76. The smallest absolute Gasteiger partial charge is 0.106 e. The maximum absolute atomic E-state index is 9.30. The van der Waals surface area contributed by atoms with Crippen molar-refractivity contribution >= 4 is 0 Å². The second kappa shape index (κ2) is 3.73. The number of hydrogen-bond acceptors (Lipinski definition) is 4. The molecular formula is C6H11N3O3. The number of hydrogen-bond donors (Lipinski definition) is 2. The first-order valence-corrected chi connectivity index (χ1v) is 3.64. The van der Waals surface area contributed by atoms with E-state index in [0.717, 1.165) is 0 Å². The van der Waals surface area contributed by atoms with Gasteiger partial charge in [0.1, 0.15) is 6.10 Å². The summed E-state index contributed by atoms with van der Waals surface area (Å²) < 4.78 is 4.88. The number of rotatable bonds is 2. The molecule has 0 aromatic heterocycles. The summed E-state index contributed by atoms with van der Waals surface area (Å²) in [6.45, 7) is 0. The van der Waals surface area contributed by atoms with Gasteiger partial charge in [-0.15, -0.1) is 0 Å². The lowest BCUT2D eigenvalue weighted by molar-refractivity contribution is -0.0379. The molecule has 0 aromatic carbocycles. The van der Waals surface area contributed by atoms with E-state index in [0.29, 0.717) is 6.42 Å². The maximum Gasteiger partial charge on any atom is 0.106 e. The number of methoxy groups -OCH3 is 1. The third-order valence-electron chi connectivity index (χ3n) is 2.10. The minimum absolute atomic E-state index is 0.364. The molecule has 1 rings (SSSR count). The van der Waals surface area contributed by atoms with Gasteiger partial charge in [0, 0.05) is 12.0 Å². The Balaban J connectivity index is 2.66. The third-order valence-corrected chi connectivity index (χ3v) is 2.10. The highest BCUT2D eigenvalue weighted by Gasteiger charge is 2.41. The highest BCUT2D eigenvalue weighted by Crippen LogP contribution is 2.25. The number of ether oxygens (including phenoxy) is 1. The van der Waals surface area contributed by atoms with Crippen molar-refractivity contribution in [1.29, 1.82) is 0 Å². The first-order chi connectivity index (χ1) is 5.70. The number of aliphatic hydroxyl groups is 2. The van der Waals surface area contributed by atoms with Crippen molar-refractivity contribution in [3.63, 3.8) is 0 Å². The highest BCUT2D eigenvalue weighted by atomic mass is 16.5. The van der Waals surface area contributed by atoms with Gasteiger partial charge in [0.2, 0.25) is 0 Å². The molecule has 0 amide bonds. The van der Waals surface area contributed by atoms with E-state index in [1.165, 1.54) is 7.11 Å². The molecular weight excluding hydrogens is 162 g/mol. The third kappa shape index (κ3) is 1.51. The molecule has 0 heterocycles. The van der Waals surface area contributed by atoms with Crippen molar-refractivity contribution < 1.29 is 14.9 Å². The Morgan fingerprint density at radius 2 is 2.17 bits per heavy atom. The molecule has 0 saturated heterocycles. The molecule has 0 unspecified atom stereocenters. The summed E-state index contributed by atoms with van der Waals surface area (Å²) in [6.07, 6.45) is -2.03. The van der Waals surface area contributed by atoms with Crippen LogP contribution in [-0.2, 0) is 4.74 Å². The monoisotopic (exact) mass is 173 g/mol. The Labute approximate surface area is 69.4 Å². The normalized spacial score (nSPS) is 40.9. The Morgan fingerprint density at radius 3 is 2.58 bits per heavy atom. The van der Waals surface area contributed by atoms with Crippen LogP contribution in [0.1, 0.15) is 6.42 Å². The summed E-state index contributed by atoms with van der Waals surface area (Å²) in [5.41, 5.74) is 8.11. The molecule has 1 saturated carbocycles. The molecule has 4 atom stereocenters. The van der Waals surface area contributed by atoms with E-state index in [-0.39, 0.29) is 0 Å². The van der Waals surface area contributed by atoms with E-state index in [2.05, 4.69) is 10.0 Å². The van der Waals surface area contributed by atoms with Crippen LogP contribution in [0.25, 0.3) is 10.4 Å². The fourth-order valence-electron chi connectivity index (χ4n) is 1.38. The summed E-state index contributed by atoms with van der Waals surface area (Å²) in [5, 5.41) is 21.9. The molecule has 2 N–H and O–H groups in total. The molecule has 6 nitrogen and oxygen atoms in total. The number of aliphatic hydroxyl groups excluding tert-OH is 2.